The third-order valence-corrected chi connectivity index (χ3v) is 8.53. The molecule has 0 atom stereocenters. The molecule has 0 aromatic carbocycles. The largest absolute Gasteiger partial charge is 0.326 e. The van der Waals surface area contributed by atoms with Crippen LogP contribution in [-0.4, -0.2) is 26.0 Å². The standard InChI is InChI=1S/C14H24N2O2S3/c1-11-9-20-12(8-15)13(11)21(17,18)16-10-14(19-2)6-4-3-5-7-14/h9,16H,3-8,10,15H2,1-2H3. The highest BCUT2D eigenvalue weighted by Crippen LogP contribution is 2.38. The van der Waals surface area contributed by atoms with Crippen molar-refractivity contribution in [3.05, 3.63) is 15.8 Å². The first-order valence-corrected chi connectivity index (χ1v) is 10.8. The van der Waals surface area contributed by atoms with Crippen molar-refractivity contribution in [3.63, 3.8) is 0 Å². The summed E-state index contributed by atoms with van der Waals surface area (Å²) in [5.41, 5.74) is 6.45. The second-order valence-electron chi connectivity index (χ2n) is 5.65. The molecule has 1 aliphatic carbocycles. The van der Waals surface area contributed by atoms with Gasteiger partial charge in [0.25, 0.3) is 0 Å². The lowest BCUT2D eigenvalue weighted by Gasteiger charge is -2.35. The topological polar surface area (TPSA) is 72.2 Å². The van der Waals surface area contributed by atoms with Crippen molar-refractivity contribution in [1.82, 2.24) is 4.72 Å². The van der Waals surface area contributed by atoms with E-state index in [-0.39, 0.29) is 11.3 Å². The summed E-state index contributed by atoms with van der Waals surface area (Å²) >= 11 is 3.22. The van der Waals surface area contributed by atoms with Crippen LogP contribution in [0.25, 0.3) is 0 Å². The van der Waals surface area contributed by atoms with Crippen molar-refractivity contribution in [2.75, 3.05) is 12.8 Å². The molecule has 0 amide bonds. The summed E-state index contributed by atoms with van der Waals surface area (Å²) in [6.45, 7) is 2.60. The van der Waals surface area contributed by atoms with Crippen LogP contribution >= 0.6 is 23.1 Å². The Bertz CT molecular complexity index is 575. The number of sulfonamides is 1. The van der Waals surface area contributed by atoms with Gasteiger partial charge >= 0.3 is 0 Å². The second-order valence-corrected chi connectivity index (χ2v) is 9.59. The van der Waals surface area contributed by atoms with E-state index in [1.165, 1.54) is 30.6 Å². The van der Waals surface area contributed by atoms with E-state index in [0.29, 0.717) is 11.4 Å². The van der Waals surface area contributed by atoms with E-state index in [0.717, 1.165) is 23.3 Å². The highest BCUT2D eigenvalue weighted by Gasteiger charge is 2.33. The third-order valence-electron chi connectivity index (χ3n) is 4.23. The molecule has 120 valence electrons. The van der Waals surface area contributed by atoms with Gasteiger partial charge in [-0.3, -0.25) is 0 Å². The van der Waals surface area contributed by atoms with Gasteiger partial charge in [-0.1, -0.05) is 19.3 Å². The molecule has 0 saturated heterocycles. The average Bonchev–Trinajstić information content (AvgIpc) is 2.88. The van der Waals surface area contributed by atoms with Gasteiger partial charge in [0.1, 0.15) is 4.90 Å². The highest BCUT2D eigenvalue weighted by molar-refractivity contribution is 8.00. The van der Waals surface area contributed by atoms with Gasteiger partial charge in [-0.25, -0.2) is 13.1 Å². The summed E-state index contributed by atoms with van der Waals surface area (Å²) < 4.78 is 28.1. The van der Waals surface area contributed by atoms with Crippen LogP contribution in [-0.2, 0) is 16.6 Å². The predicted octanol–water partition coefficient (Wildman–Crippen LogP) is 2.86. The molecule has 2 rings (SSSR count). The number of nitrogens with one attached hydrogen (secondary N) is 1. The summed E-state index contributed by atoms with van der Waals surface area (Å²) in [7, 11) is -3.47. The van der Waals surface area contributed by atoms with Crippen molar-refractivity contribution >= 4 is 33.1 Å². The fourth-order valence-corrected chi connectivity index (χ4v) is 6.77. The average molecular weight is 349 g/mol. The van der Waals surface area contributed by atoms with Crippen LogP contribution in [0.1, 0.15) is 42.5 Å². The number of aryl methyl sites for hydroxylation is 1. The van der Waals surface area contributed by atoms with E-state index in [1.807, 2.05) is 12.3 Å². The molecule has 3 N–H and O–H groups in total. The van der Waals surface area contributed by atoms with Crippen molar-refractivity contribution in [2.24, 2.45) is 5.73 Å². The Balaban J connectivity index is 2.15. The minimum atomic E-state index is -3.47. The number of hydrogen-bond acceptors (Lipinski definition) is 5. The molecule has 1 aromatic rings. The lowest BCUT2D eigenvalue weighted by Crippen LogP contribution is -2.42. The Kier molecular flexibility index (Phi) is 5.76. The maximum atomic E-state index is 12.6. The molecule has 4 nitrogen and oxygen atoms in total. The van der Waals surface area contributed by atoms with Crippen LogP contribution in [0.2, 0.25) is 0 Å². The quantitative estimate of drug-likeness (QED) is 0.829. The van der Waals surface area contributed by atoms with Crippen LogP contribution in [0.4, 0.5) is 0 Å². The van der Waals surface area contributed by atoms with E-state index >= 15 is 0 Å². The van der Waals surface area contributed by atoms with E-state index < -0.39 is 10.0 Å². The molecule has 7 heteroatoms. The molecule has 1 aromatic heterocycles. The minimum Gasteiger partial charge on any atom is -0.326 e. The molecule has 0 unspecified atom stereocenters. The van der Waals surface area contributed by atoms with Gasteiger partial charge in [0, 0.05) is 22.7 Å². The third kappa shape index (κ3) is 3.82. The molecule has 0 radical (unpaired) electrons. The van der Waals surface area contributed by atoms with Gasteiger partial charge in [-0.15, -0.1) is 11.3 Å². The monoisotopic (exact) mass is 348 g/mol. The van der Waals surface area contributed by atoms with Gasteiger partial charge in [0.05, 0.1) is 0 Å². The molecular weight excluding hydrogens is 324 g/mol. The molecule has 1 aliphatic rings. The minimum absolute atomic E-state index is 0.0537. The molecule has 1 heterocycles. The zero-order valence-electron chi connectivity index (χ0n) is 12.6. The Labute approximate surface area is 135 Å². The van der Waals surface area contributed by atoms with Gasteiger partial charge in [-0.2, -0.15) is 11.8 Å². The van der Waals surface area contributed by atoms with Crippen LogP contribution in [0.3, 0.4) is 0 Å². The van der Waals surface area contributed by atoms with Crippen LogP contribution < -0.4 is 10.5 Å². The first-order valence-electron chi connectivity index (χ1n) is 7.26. The lowest BCUT2D eigenvalue weighted by molar-refractivity contribution is 0.395. The Morgan fingerprint density at radius 3 is 2.62 bits per heavy atom. The Morgan fingerprint density at radius 1 is 1.38 bits per heavy atom. The van der Waals surface area contributed by atoms with Gasteiger partial charge in [-0.05, 0) is 37.0 Å². The van der Waals surface area contributed by atoms with Gasteiger partial charge in [0.15, 0.2) is 0 Å². The number of thioether (sulfide) groups is 1. The summed E-state index contributed by atoms with van der Waals surface area (Å²) in [5.74, 6) is 0. The normalized spacial score (nSPS) is 18.8. The molecule has 21 heavy (non-hydrogen) atoms. The maximum absolute atomic E-state index is 12.6. The number of hydrogen-bond donors (Lipinski definition) is 2. The van der Waals surface area contributed by atoms with Gasteiger partial charge < -0.3 is 5.73 Å². The van der Waals surface area contributed by atoms with Crippen LogP contribution in [0.15, 0.2) is 10.3 Å². The zero-order valence-corrected chi connectivity index (χ0v) is 15.1. The molecular formula is C14H24N2O2S3. The second kappa shape index (κ2) is 7.00. The van der Waals surface area contributed by atoms with E-state index in [2.05, 4.69) is 11.0 Å². The van der Waals surface area contributed by atoms with E-state index in [9.17, 15) is 8.42 Å². The molecule has 1 fully saturated rings. The SMILES string of the molecule is CSC1(CNS(=O)(=O)c2c(C)csc2CN)CCCCC1. The summed E-state index contributed by atoms with van der Waals surface area (Å²) in [6, 6.07) is 0. The number of nitrogens with two attached hydrogens (primary N) is 1. The fraction of sp³-hybridized carbons (Fsp3) is 0.714. The number of rotatable bonds is 6. The van der Waals surface area contributed by atoms with Crippen LogP contribution in [0.5, 0.6) is 0 Å². The fourth-order valence-electron chi connectivity index (χ4n) is 2.94. The van der Waals surface area contributed by atoms with Crippen molar-refractivity contribution < 1.29 is 8.42 Å². The highest BCUT2D eigenvalue weighted by atomic mass is 32.2. The Morgan fingerprint density at radius 2 is 2.05 bits per heavy atom. The zero-order chi connectivity index (χ0) is 15.5. The van der Waals surface area contributed by atoms with Crippen molar-refractivity contribution in [1.29, 1.82) is 0 Å². The van der Waals surface area contributed by atoms with Crippen molar-refractivity contribution in [3.8, 4) is 0 Å². The van der Waals surface area contributed by atoms with Crippen molar-refractivity contribution in [2.45, 2.75) is 55.2 Å². The lowest BCUT2D eigenvalue weighted by atomic mass is 9.88. The molecule has 0 bridgehead atoms. The first-order chi connectivity index (χ1) is 9.94. The summed E-state index contributed by atoms with van der Waals surface area (Å²) in [6.07, 6.45) is 7.89. The molecule has 1 saturated carbocycles. The summed E-state index contributed by atoms with van der Waals surface area (Å²) in [5, 5.41) is 1.86. The first kappa shape index (κ1) is 17.3. The van der Waals surface area contributed by atoms with E-state index in [1.54, 1.807) is 11.8 Å². The predicted molar refractivity (Wildman–Crippen MR) is 91.5 cm³/mol. The maximum Gasteiger partial charge on any atom is 0.242 e. The van der Waals surface area contributed by atoms with Crippen LogP contribution in [0, 0.1) is 6.92 Å². The Hall–Kier alpha value is -0.0800. The van der Waals surface area contributed by atoms with E-state index in [4.69, 9.17) is 5.73 Å². The van der Waals surface area contributed by atoms with Gasteiger partial charge in [0.2, 0.25) is 10.0 Å². The summed E-state index contributed by atoms with van der Waals surface area (Å²) in [4.78, 5) is 1.13. The number of thiophene rings is 1. The molecule has 0 aliphatic heterocycles. The molecule has 0 spiro atoms. The smallest absolute Gasteiger partial charge is 0.242 e.